The number of hydrogen-bond donors (Lipinski definition) is 1. The van der Waals surface area contributed by atoms with Gasteiger partial charge in [0.05, 0.1) is 11.9 Å². The van der Waals surface area contributed by atoms with Crippen molar-refractivity contribution >= 4 is 39.1 Å². The minimum atomic E-state index is -3.92. The molecule has 0 bridgehead atoms. The Morgan fingerprint density at radius 2 is 1.65 bits per heavy atom. The number of rotatable bonds is 12. The molecule has 0 fully saturated rings. The van der Waals surface area contributed by atoms with E-state index in [2.05, 4.69) is 5.32 Å². The molecular formula is C30H35ClFN3O4S. The minimum Gasteiger partial charge on any atom is -0.352 e. The average Bonchev–Trinajstić information content (AvgIpc) is 2.91. The number of amides is 2. The number of nitrogens with one attached hydrogen (secondary N) is 1. The van der Waals surface area contributed by atoms with Crippen molar-refractivity contribution in [2.45, 2.75) is 52.2 Å². The first-order valence-electron chi connectivity index (χ1n) is 13.0. The first-order chi connectivity index (χ1) is 18.9. The first-order valence-corrected chi connectivity index (χ1v) is 15.2. The number of benzene rings is 3. The Bertz CT molecular complexity index is 1420. The summed E-state index contributed by atoms with van der Waals surface area (Å²) in [6.07, 6.45) is 1.90. The highest BCUT2D eigenvalue weighted by Gasteiger charge is 2.33. The van der Waals surface area contributed by atoms with Crippen molar-refractivity contribution in [2.75, 3.05) is 17.1 Å². The number of aryl methyl sites for hydroxylation is 1. The van der Waals surface area contributed by atoms with E-state index in [1.54, 1.807) is 19.1 Å². The Labute approximate surface area is 241 Å². The second-order valence-corrected chi connectivity index (χ2v) is 12.2. The average molecular weight is 588 g/mol. The summed E-state index contributed by atoms with van der Waals surface area (Å²) in [5, 5.41) is 3.29. The van der Waals surface area contributed by atoms with Crippen molar-refractivity contribution < 1.29 is 22.4 Å². The molecule has 7 nitrogen and oxygen atoms in total. The van der Waals surface area contributed by atoms with Crippen molar-refractivity contribution in [3.05, 3.63) is 100 Å². The maximum atomic E-state index is 14.1. The summed E-state index contributed by atoms with van der Waals surface area (Å²) in [4.78, 5) is 29.1. The summed E-state index contributed by atoms with van der Waals surface area (Å²) in [6, 6.07) is 18.6. The number of sulfonamides is 1. The van der Waals surface area contributed by atoms with Crippen LogP contribution in [0.5, 0.6) is 0 Å². The van der Waals surface area contributed by atoms with E-state index in [0.29, 0.717) is 22.6 Å². The smallest absolute Gasteiger partial charge is 0.244 e. The van der Waals surface area contributed by atoms with Crippen molar-refractivity contribution in [3.8, 4) is 0 Å². The molecule has 3 rings (SSSR count). The van der Waals surface area contributed by atoms with Crippen LogP contribution in [0.3, 0.4) is 0 Å². The molecule has 3 aromatic carbocycles. The van der Waals surface area contributed by atoms with E-state index in [4.69, 9.17) is 11.6 Å². The molecule has 0 aliphatic heterocycles. The minimum absolute atomic E-state index is 0.0311. The van der Waals surface area contributed by atoms with Gasteiger partial charge in [0.2, 0.25) is 21.8 Å². The number of nitrogens with zero attached hydrogens (tertiary/aromatic N) is 2. The Morgan fingerprint density at radius 1 is 1.00 bits per heavy atom. The van der Waals surface area contributed by atoms with E-state index in [0.717, 1.165) is 16.1 Å². The van der Waals surface area contributed by atoms with Gasteiger partial charge in [-0.1, -0.05) is 67.1 Å². The largest absolute Gasteiger partial charge is 0.352 e. The number of carbonyl (C=O) groups is 2. The molecule has 0 unspecified atom stereocenters. The number of hydrogen-bond acceptors (Lipinski definition) is 4. The van der Waals surface area contributed by atoms with Gasteiger partial charge in [-0.15, -0.1) is 0 Å². The van der Waals surface area contributed by atoms with Crippen molar-refractivity contribution in [1.29, 1.82) is 0 Å². The zero-order chi connectivity index (χ0) is 29.4. The second kappa shape index (κ2) is 13.8. The highest BCUT2D eigenvalue weighted by Crippen LogP contribution is 2.27. The molecule has 0 radical (unpaired) electrons. The second-order valence-electron chi connectivity index (χ2n) is 9.87. The van der Waals surface area contributed by atoms with Gasteiger partial charge in [-0.2, -0.15) is 0 Å². The Balaban J connectivity index is 2.08. The van der Waals surface area contributed by atoms with Gasteiger partial charge in [0.1, 0.15) is 18.4 Å². The van der Waals surface area contributed by atoms with E-state index in [1.165, 1.54) is 35.2 Å². The van der Waals surface area contributed by atoms with Gasteiger partial charge in [0, 0.05) is 24.0 Å². The van der Waals surface area contributed by atoms with Gasteiger partial charge in [-0.05, 0) is 61.2 Å². The topological polar surface area (TPSA) is 86.8 Å². The number of carbonyl (C=O) groups excluding carboxylic acids is 2. The molecule has 3 aromatic rings. The van der Waals surface area contributed by atoms with Gasteiger partial charge < -0.3 is 10.2 Å². The number of halogens is 2. The van der Waals surface area contributed by atoms with Crippen LogP contribution in [-0.2, 0) is 32.6 Å². The lowest BCUT2D eigenvalue weighted by molar-refractivity contribution is -0.140. The van der Waals surface area contributed by atoms with Crippen LogP contribution in [0.25, 0.3) is 0 Å². The molecule has 2 amide bonds. The fourth-order valence-electron chi connectivity index (χ4n) is 4.23. The number of anilines is 1. The lowest BCUT2D eigenvalue weighted by Gasteiger charge is -2.34. The highest BCUT2D eigenvalue weighted by molar-refractivity contribution is 7.92. The Morgan fingerprint density at radius 3 is 2.25 bits per heavy atom. The van der Waals surface area contributed by atoms with Crippen molar-refractivity contribution in [3.63, 3.8) is 0 Å². The Kier molecular flexibility index (Phi) is 10.7. The van der Waals surface area contributed by atoms with E-state index in [9.17, 15) is 22.4 Å². The van der Waals surface area contributed by atoms with Crippen LogP contribution in [0.4, 0.5) is 10.1 Å². The normalized spacial score (nSPS) is 12.8. The summed E-state index contributed by atoms with van der Waals surface area (Å²) < 4.78 is 40.5. The lowest BCUT2D eigenvalue weighted by atomic mass is 10.0. The van der Waals surface area contributed by atoms with Crippen molar-refractivity contribution in [2.24, 2.45) is 0 Å². The quantitative estimate of drug-likeness (QED) is 0.319. The van der Waals surface area contributed by atoms with Crippen LogP contribution < -0.4 is 9.62 Å². The van der Waals surface area contributed by atoms with Crippen LogP contribution in [0.1, 0.15) is 37.0 Å². The highest BCUT2D eigenvalue weighted by atomic mass is 35.5. The third-order valence-electron chi connectivity index (χ3n) is 6.66. The van der Waals surface area contributed by atoms with Gasteiger partial charge in [0.25, 0.3) is 0 Å². The van der Waals surface area contributed by atoms with Gasteiger partial charge >= 0.3 is 0 Å². The van der Waals surface area contributed by atoms with Crippen LogP contribution in [-0.4, -0.2) is 50.0 Å². The monoisotopic (exact) mass is 587 g/mol. The van der Waals surface area contributed by atoms with Crippen molar-refractivity contribution in [1.82, 2.24) is 10.2 Å². The molecule has 10 heteroatoms. The van der Waals surface area contributed by atoms with Gasteiger partial charge in [-0.3, -0.25) is 13.9 Å². The van der Waals surface area contributed by atoms with Crippen LogP contribution >= 0.6 is 11.6 Å². The fourth-order valence-corrected chi connectivity index (χ4v) is 5.29. The van der Waals surface area contributed by atoms with Gasteiger partial charge in [0.15, 0.2) is 0 Å². The van der Waals surface area contributed by atoms with E-state index >= 15 is 0 Å². The molecule has 0 heterocycles. The zero-order valence-corrected chi connectivity index (χ0v) is 24.7. The molecule has 0 aliphatic rings. The third-order valence-corrected chi connectivity index (χ3v) is 8.02. The predicted molar refractivity (Wildman–Crippen MR) is 157 cm³/mol. The van der Waals surface area contributed by atoms with Crippen LogP contribution in [0.15, 0.2) is 72.8 Å². The molecule has 0 aromatic heterocycles. The fraction of sp³-hybridized carbons (Fsp3) is 0.333. The van der Waals surface area contributed by atoms with Crippen LogP contribution in [0, 0.1) is 12.7 Å². The Hall–Kier alpha value is -3.43. The van der Waals surface area contributed by atoms with E-state index in [1.807, 2.05) is 44.2 Å². The molecule has 0 aliphatic carbocycles. The molecule has 0 saturated carbocycles. The first kappa shape index (κ1) is 31.1. The standard InChI is InChI=1S/C30H35ClFN3O4S/c1-5-22(3)33-30(37)28(17-23-9-7-6-8-10-23)34(19-24-12-15-26(32)16-13-24)29(36)20-35(40(4,38)39)27-18-25(31)14-11-21(27)2/h6-16,18,22,28H,5,17,19-20H2,1-4H3,(H,33,37)/t22-,28-/m1/s1. The van der Waals surface area contributed by atoms with Gasteiger partial charge in [-0.25, -0.2) is 12.8 Å². The SMILES string of the molecule is CC[C@@H](C)NC(=O)[C@@H](Cc1ccccc1)N(Cc1ccc(F)cc1)C(=O)CN(c1cc(Cl)ccc1C)S(C)(=O)=O. The molecule has 40 heavy (non-hydrogen) atoms. The molecule has 0 spiro atoms. The molecule has 1 N–H and O–H groups in total. The molecular weight excluding hydrogens is 553 g/mol. The van der Waals surface area contributed by atoms with Crippen LogP contribution in [0.2, 0.25) is 5.02 Å². The summed E-state index contributed by atoms with van der Waals surface area (Å²) in [5.74, 6) is -1.38. The summed E-state index contributed by atoms with van der Waals surface area (Å²) in [7, 11) is -3.92. The third kappa shape index (κ3) is 8.53. The summed E-state index contributed by atoms with van der Waals surface area (Å²) in [6.45, 7) is 4.95. The maximum absolute atomic E-state index is 14.1. The lowest BCUT2D eigenvalue weighted by Crippen LogP contribution is -2.54. The summed E-state index contributed by atoms with van der Waals surface area (Å²) in [5.41, 5.74) is 2.31. The van der Waals surface area contributed by atoms with E-state index < -0.39 is 34.3 Å². The van der Waals surface area contributed by atoms with E-state index in [-0.39, 0.29) is 30.6 Å². The maximum Gasteiger partial charge on any atom is 0.244 e. The summed E-state index contributed by atoms with van der Waals surface area (Å²) >= 11 is 6.17. The molecule has 2 atom stereocenters. The molecule has 214 valence electrons. The zero-order valence-electron chi connectivity index (χ0n) is 23.1. The predicted octanol–water partition coefficient (Wildman–Crippen LogP) is 5.11. The molecule has 0 saturated heterocycles.